The number of anilines is 2. The third kappa shape index (κ3) is 4.87. The third-order valence-electron chi connectivity index (χ3n) is 7.98. The fourth-order valence-electron chi connectivity index (χ4n) is 5.90. The molecule has 0 aromatic carbocycles. The predicted molar refractivity (Wildman–Crippen MR) is 157 cm³/mol. The number of rotatable bonds is 2. The summed E-state index contributed by atoms with van der Waals surface area (Å²) in [6.45, 7) is -9.36. The number of hydrogen-bond acceptors (Lipinski definition) is 18. The van der Waals surface area contributed by atoms with Crippen molar-refractivity contribution in [2.75, 3.05) is 31.3 Å². The Morgan fingerprint density at radius 1 is 0.933 bits per heavy atom. The van der Waals surface area contributed by atoms with E-state index in [1.54, 1.807) is 4.57 Å². The van der Waals surface area contributed by atoms with Crippen molar-refractivity contribution >= 4 is 71.5 Å². The highest BCUT2D eigenvalue weighted by Crippen LogP contribution is 2.61. The largest absolute Gasteiger partial charge is 0.387 e. The average Bonchev–Trinajstić information content (AvgIpc) is 3.80. The summed E-state index contributed by atoms with van der Waals surface area (Å²) in [4.78, 5) is 36.0. The molecule has 24 heteroatoms. The summed E-state index contributed by atoms with van der Waals surface area (Å²) in [5.74, 6) is 0.269. The predicted octanol–water partition coefficient (Wildman–Crippen LogP) is -0.173. The van der Waals surface area contributed by atoms with Gasteiger partial charge in [0.25, 0.3) is 0 Å². The molecule has 4 aliphatic heterocycles. The van der Waals surface area contributed by atoms with Crippen molar-refractivity contribution in [1.82, 2.24) is 39.0 Å². The van der Waals surface area contributed by atoms with Gasteiger partial charge >= 0.3 is 13.5 Å². The van der Waals surface area contributed by atoms with Crippen LogP contribution in [0.3, 0.4) is 0 Å². The summed E-state index contributed by atoms with van der Waals surface area (Å²) >= 11 is 9.56. The van der Waals surface area contributed by atoms with Crippen LogP contribution in [0.15, 0.2) is 25.3 Å². The fourth-order valence-corrected chi connectivity index (χ4v) is 8.83. The molecule has 10 atom stereocenters. The van der Waals surface area contributed by atoms with E-state index in [1.165, 1.54) is 29.9 Å². The van der Waals surface area contributed by atoms with Crippen LogP contribution in [0, 0.1) is 0 Å². The van der Waals surface area contributed by atoms with Crippen molar-refractivity contribution in [3.63, 3.8) is 0 Å². The zero-order valence-corrected chi connectivity index (χ0v) is 26.1. The molecule has 4 fully saturated rings. The second-order valence-corrected chi connectivity index (χ2v) is 16.3. The number of aliphatic hydroxyl groups is 1. The van der Waals surface area contributed by atoms with Gasteiger partial charge in [-0.3, -0.25) is 22.7 Å². The standard InChI is InChI=1S/C21H24N10O10P2S2/c22-15-9-17(26-4-24-15)30(6-28-9)19-12-11(32)8(38-19)1-36-42(33,44)41-14-13-20(31-7-29-10-16(23)25-5-27-18(10)31)39-21(14,2-35-13)3-37-43(34,45)40-12/h4-8,11-14,19-20,32H,1-3H2,(H,33,44)(H,34,45)(H2,22,24,26)(H2,23,25,27)/t8-,11-,12-,13-,14+,19-,20-,21-,42?,43?/m1/s1. The van der Waals surface area contributed by atoms with Gasteiger partial charge in [-0.1, -0.05) is 12.2 Å². The molecule has 20 nitrogen and oxygen atoms in total. The smallest absolute Gasteiger partial charge is 0.386 e. The Morgan fingerprint density at radius 3 is 2.24 bits per heavy atom. The molecule has 4 aliphatic rings. The van der Waals surface area contributed by atoms with E-state index < -0.39 is 75.3 Å². The number of imidazole rings is 2. The van der Waals surface area contributed by atoms with Gasteiger partial charge in [-0.15, -0.1) is 0 Å². The van der Waals surface area contributed by atoms with Crippen LogP contribution >= 0.6 is 25.8 Å². The lowest BCUT2D eigenvalue weighted by molar-refractivity contribution is -0.183. The quantitative estimate of drug-likeness (QED) is 0.134. The Balaban J connectivity index is 1.14. The minimum atomic E-state index is -4.29. The van der Waals surface area contributed by atoms with Crippen molar-refractivity contribution in [3.05, 3.63) is 25.3 Å². The normalized spacial score (nSPS) is 40.3. The van der Waals surface area contributed by atoms with Gasteiger partial charge in [0.1, 0.15) is 59.8 Å². The third-order valence-corrected chi connectivity index (χ3v) is 11.1. The van der Waals surface area contributed by atoms with Gasteiger partial charge in [-0.05, 0) is 11.8 Å². The minimum Gasteiger partial charge on any atom is -0.387 e. The summed E-state index contributed by atoms with van der Waals surface area (Å²) in [5.41, 5.74) is 11.6. The number of thiol groups is 1. The lowest BCUT2D eigenvalue weighted by Crippen LogP contribution is -2.45. The zero-order chi connectivity index (χ0) is 31.3. The molecular formula is C21H24N10O10P2S2. The highest BCUT2D eigenvalue weighted by Gasteiger charge is 2.65. The van der Waals surface area contributed by atoms with Crippen LogP contribution in [-0.2, 0) is 48.7 Å². The van der Waals surface area contributed by atoms with Crippen LogP contribution in [0.4, 0.5) is 11.6 Å². The molecule has 2 unspecified atom stereocenters. The molecule has 240 valence electrons. The molecule has 0 amide bonds. The summed E-state index contributed by atoms with van der Waals surface area (Å²) in [6.07, 6.45) is -2.71. The van der Waals surface area contributed by atoms with Crippen LogP contribution < -0.4 is 11.5 Å². The summed E-state index contributed by atoms with van der Waals surface area (Å²) in [7, 11) is 0. The van der Waals surface area contributed by atoms with Crippen molar-refractivity contribution < 1.29 is 46.9 Å². The average molecular weight is 703 g/mol. The maximum atomic E-state index is 13.7. The molecule has 0 saturated carbocycles. The van der Waals surface area contributed by atoms with E-state index in [4.69, 9.17) is 55.6 Å². The van der Waals surface area contributed by atoms with E-state index in [0.717, 1.165) is 0 Å². The molecule has 6 N–H and O–H groups in total. The highest BCUT2D eigenvalue weighted by molar-refractivity contribution is 8.44. The van der Waals surface area contributed by atoms with E-state index >= 15 is 0 Å². The fraction of sp³-hybridized carbons (Fsp3) is 0.524. The maximum absolute atomic E-state index is 13.7. The molecular weight excluding hydrogens is 678 g/mol. The van der Waals surface area contributed by atoms with Gasteiger partial charge in [-0.25, -0.2) is 34.5 Å². The first-order chi connectivity index (χ1) is 21.5. The van der Waals surface area contributed by atoms with Crippen LogP contribution in [0.2, 0.25) is 0 Å². The lowest BCUT2D eigenvalue weighted by Gasteiger charge is -2.33. The highest BCUT2D eigenvalue weighted by atomic mass is 32.7. The number of nitrogen functional groups attached to an aromatic ring is 2. The van der Waals surface area contributed by atoms with Gasteiger partial charge in [0.05, 0.1) is 32.5 Å². The first kappa shape index (κ1) is 29.9. The van der Waals surface area contributed by atoms with Gasteiger partial charge in [-0.2, -0.15) is 0 Å². The van der Waals surface area contributed by atoms with Crippen LogP contribution in [0.5, 0.6) is 0 Å². The Labute approximate surface area is 262 Å². The van der Waals surface area contributed by atoms with Crippen molar-refractivity contribution in [3.8, 4) is 0 Å². The van der Waals surface area contributed by atoms with Crippen molar-refractivity contribution in [1.29, 1.82) is 0 Å². The zero-order valence-electron chi connectivity index (χ0n) is 22.6. The van der Waals surface area contributed by atoms with Crippen LogP contribution in [-0.4, -0.2) is 105 Å². The summed E-state index contributed by atoms with van der Waals surface area (Å²) in [5, 5.41) is 11.2. The number of nitrogens with two attached hydrogens (primary N) is 2. The van der Waals surface area contributed by atoms with E-state index in [9.17, 15) is 14.6 Å². The topological polar surface area (TPSA) is 261 Å². The first-order valence-corrected chi connectivity index (χ1v) is 18.5. The molecule has 0 radical (unpaired) electrons. The molecule has 0 spiro atoms. The van der Waals surface area contributed by atoms with Crippen LogP contribution in [0.1, 0.15) is 12.5 Å². The van der Waals surface area contributed by atoms with Crippen molar-refractivity contribution in [2.45, 2.75) is 48.6 Å². The SMILES string of the molecule is Nc1ncnc2c1ncn2[C@@H]1O[C@@H]2COP(O)(=S)O[C@H]3[C@H]4OC[C@]3(COP(=O)(S)O[C@@H]1[C@@H]2O)O[C@H]4n1cnc2c(N)ncnc21. The Hall–Kier alpha value is -2.43. The Kier molecular flexibility index (Phi) is 7.01. The number of aliphatic hydroxyl groups excluding tert-OH is 1. The number of aromatic nitrogens is 8. The number of fused-ring (bicyclic) bond motifs is 4. The summed E-state index contributed by atoms with van der Waals surface area (Å²) in [6, 6.07) is 0. The molecule has 45 heavy (non-hydrogen) atoms. The molecule has 4 aromatic rings. The van der Waals surface area contributed by atoms with E-state index in [2.05, 4.69) is 42.2 Å². The molecule has 4 bridgehead atoms. The van der Waals surface area contributed by atoms with Gasteiger partial charge in [0.15, 0.2) is 35.4 Å². The van der Waals surface area contributed by atoms with Crippen molar-refractivity contribution in [2.24, 2.45) is 0 Å². The maximum Gasteiger partial charge on any atom is 0.386 e. The van der Waals surface area contributed by atoms with Gasteiger partial charge < -0.3 is 40.2 Å². The Bertz CT molecular complexity index is 1920. The lowest BCUT2D eigenvalue weighted by atomic mass is 10.0. The minimum absolute atomic E-state index is 0.103. The Morgan fingerprint density at radius 2 is 1.58 bits per heavy atom. The molecule has 4 saturated heterocycles. The monoisotopic (exact) mass is 702 g/mol. The van der Waals surface area contributed by atoms with E-state index in [1.807, 2.05) is 0 Å². The van der Waals surface area contributed by atoms with Gasteiger partial charge in [0, 0.05) is 0 Å². The second kappa shape index (κ2) is 10.5. The molecule has 8 heterocycles. The number of hydrogen-bond donors (Lipinski definition) is 5. The summed E-state index contributed by atoms with van der Waals surface area (Å²) < 4.78 is 58.5. The number of nitrogens with zero attached hydrogens (tertiary/aromatic N) is 8. The number of ether oxygens (including phenoxy) is 3. The second-order valence-electron chi connectivity index (χ2n) is 10.7. The van der Waals surface area contributed by atoms with Gasteiger partial charge in [0.2, 0.25) is 0 Å². The molecule has 4 aromatic heterocycles. The van der Waals surface area contributed by atoms with Crippen LogP contribution in [0.25, 0.3) is 22.3 Å². The van der Waals surface area contributed by atoms with E-state index in [0.29, 0.717) is 11.2 Å². The first-order valence-electron chi connectivity index (χ1n) is 13.3. The molecule has 8 rings (SSSR count). The molecule has 0 aliphatic carbocycles. The van der Waals surface area contributed by atoms with E-state index in [-0.39, 0.29) is 29.4 Å².